The summed E-state index contributed by atoms with van der Waals surface area (Å²) in [6.07, 6.45) is 2.23. The quantitative estimate of drug-likeness (QED) is 0.671. The summed E-state index contributed by atoms with van der Waals surface area (Å²) >= 11 is 3.27. The average molecular weight is 348 g/mol. The second kappa shape index (κ2) is 6.95. The molecule has 1 amide bonds. The van der Waals surface area contributed by atoms with E-state index in [4.69, 9.17) is 0 Å². The Labute approximate surface area is 129 Å². The molecule has 0 saturated carbocycles. The molecule has 0 radical (unpaired) electrons. The van der Waals surface area contributed by atoms with Gasteiger partial charge in [-0.05, 0) is 42.5 Å². The second-order valence-electron chi connectivity index (χ2n) is 4.17. The lowest BCUT2D eigenvalue weighted by Gasteiger charge is -2.02. The highest BCUT2D eigenvalue weighted by Gasteiger charge is 2.05. The Morgan fingerprint density at radius 3 is 2.33 bits per heavy atom. The third kappa shape index (κ3) is 4.36. The van der Waals surface area contributed by atoms with Crippen molar-refractivity contribution in [2.75, 3.05) is 5.32 Å². The van der Waals surface area contributed by atoms with Gasteiger partial charge >= 0.3 is 0 Å². The minimum atomic E-state index is -0.564. The van der Waals surface area contributed by atoms with Crippen LogP contribution in [0.3, 0.4) is 0 Å². The fraction of sp³-hybridized carbons (Fsp3) is 0. The van der Waals surface area contributed by atoms with Crippen molar-refractivity contribution >= 4 is 33.3 Å². The van der Waals surface area contributed by atoms with E-state index in [2.05, 4.69) is 21.2 Å². The summed E-state index contributed by atoms with van der Waals surface area (Å²) in [4.78, 5) is 23.5. The molecular weight excluding hydrogens is 337 g/mol. The summed E-state index contributed by atoms with van der Waals surface area (Å²) < 4.78 is 14.2. The Kier molecular flexibility index (Phi) is 5.00. The molecule has 2 rings (SSSR count). The van der Waals surface area contributed by atoms with Crippen LogP contribution in [0.25, 0.3) is 0 Å². The van der Waals surface area contributed by atoms with Crippen LogP contribution in [0.2, 0.25) is 0 Å². The van der Waals surface area contributed by atoms with Crippen LogP contribution in [0.1, 0.15) is 10.4 Å². The molecule has 0 saturated heterocycles. The van der Waals surface area contributed by atoms with Gasteiger partial charge in [0.05, 0.1) is 5.69 Å². The van der Waals surface area contributed by atoms with E-state index in [0.717, 1.165) is 16.6 Å². The van der Waals surface area contributed by atoms with Gasteiger partial charge in [0, 0.05) is 16.1 Å². The first-order chi connectivity index (χ1) is 10.1. The van der Waals surface area contributed by atoms with Crippen molar-refractivity contribution in [2.45, 2.75) is 0 Å². The molecule has 0 spiro atoms. The summed E-state index contributed by atoms with van der Waals surface area (Å²) in [5.41, 5.74) is 0.538. The van der Waals surface area contributed by atoms with Gasteiger partial charge in [0.2, 0.25) is 5.91 Å². The van der Waals surface area contributed by atoms with E-state index in [9.17, 15) is 14.0 Å². The van der Waals surface area contributed by atoms with Crippen molar-refractivity contribution in [1.82, 2.24) is 0 Å². The van der Waals surface area contributed by atoms with Crippen LogP contribution in [-0.4, -0.2) is 11.7 Å². The molecular formula is C16H11BrFNO2. The van der Waals surface area contributed by atoms with Gasteiger partial charge in [0.1, 0.15) is 5.82 Å². The van der Waals surface area contributed by atoms with Gasteiger partial charge in [0.25, 0.3) is 0 Å². The Hall–Kier alpha value is -2.27. The van der Waals surface area contributed by atoms with E-state index in [-0.39, 0.29) is 11.5 Å². The molecule has 2 aromatic rings. The van der Waals surface area contributed by atoms with E-state index in [1.54, 1.807) is 30.3 Å². The zero-order valence-corrected chi connectivity index (χ0v) is 12.4. The number of ketones is 1. The van der Waals surface area contributed by atoms with Crippen LogP contribution in [-0.2, 0) is 4.79 Å². The lowest BCUT2D eigenvalue weighted by Crippen LogP contribution is -2.10. The van der Waals surface area contributed by atoms with Crippen LogP contribution in [0.4, 0.5) is 10.1 Å². The van der Waals surface area contributed by atoms with Gasteiger partial charge in [-0.3, -0.25) is 9.59 Å². The van der Waals surface area contributed by atoms with E-state index in [1.165, 1.54) is 18.2 Å². The SMILES string of the molecule is O=C(/C=C/C(=O)c1ccc(Br)cc1)Nc1ccccc1F. The summed E-state index contributed by atoms with van der Waals surface area (Å²) in [7, 11) is 0. The maximum absolute atomic E-state index is 13.3. The fourth-order valence-electron chi connectivity index (χ4n) is 1.60. The van der Waals surface area contributed by atoms with Crippen LogP contribution in [0.5, 0.6) is 0 Å². The molecule has 0 aliphatic heterocycles. The first-order valence-corrected chi connectivity index (χ1v) is 6.89. The van der Waals surface area contributed by atoms with Crippen LogP contribution >= 0.6 is 15.9 Å². The van der Waals surface area contributed by atoms with Crippen LogP contribution in [0, 0.1) is 5.82 Å². The number of hydrogen-bond donors (Lipinski definition) is 1. The minimum Gasteiger partial charge on any atom is -0.320 e. The Bertz CT molecular complexity index is 696. The number of anilines is 1. The largest absolute Gasteiger partial charge is 0.320 e. The monoisotopic (exact) mass is 347 g/mol. The molecule has 0 bridgehead atoms. The molecule has 0 atom stereocenters. The van der Waals surface area contributed by atoms with Crippen molar-refractivity contribution in [3.05, 3.63) is 76.5 Å². The number of carbonyl (C=O) groups excluding carboxylic acids is 2. The summed E-state index contributed by atoms with van der Waals surface area (Å²) in [6.45, 7) is 0. The molecule has 0 aromatic heterocycles. The standard InChI is InChI=1S/C16H11BrFNO2/c17-12-7-5-11(6-8-12)15(20)9-10-16(21)19-14-4-2-1-3-13(14)18/h1-10H,(H,19,21)/b10-9+. The number of halogens is 2. The molecule has 1 N–H and O–H groups in total. The van der Waals surface area contributed by atoms with E-state index >= 15 is 0 Å². The van der Waals surface area contributed by atoms with Crippen molar-refractivity contribution < 1.29 is 14.0 Å². The molecule has 106 valence electrons. The maximum Gasteiger partial charge on any atom is 0.248 e. The van der Waals surface area contributed by atoms with Crippen LogP contribution in [0.15, 0.2) is 65.2 Å². The van der Waals surface area contributed by atoms with Gasteiger partial charge in [-0.2, -0.15) is 0 Å². The predicted octanol–water partition coefficient (Wildman–Crippen LogP) is 3.97. The number of hydrogen-bond acceptors (Lipinski definition) is 2. The highest BCUT2D eigenvalue weighted by Crippen LogP contribution is 2.13. The second-order valence-corrected chi connectivity index (χ2v) is 5.09. The molecule has 2 aromatic carbocycles. The number of nitrogens with one attached hydrogen (secondary N) is 1. The van der Waals surface area contributed by atoms with Gasteiger partial charge < -0.3 is 5.32 Å². The van der Waals surface area contributed by atoms with Gasteiger partial charge in [-0.15, -0.1) is 0 Å². The highest BCUT2D eigenvalue weighted by molar-refractivity contribution is 9.10. The zero-order chi connectivity index (χ0) is 15.2. The Morgan fingerprint density at radius 1 is 1.00 bits per heavy atom. The van der Waals surface area contributed by atoms with Crippen molar-refractivity contribution in [3.8, 4) is 0 Å². The third-order valence-electron chi connectivity index (χ3n) is 2.65. The molecule has 0 unspecified atom stereocenters. The zero-order valence-electron chi connectivity index (χ0n) is 10.8. The highest BCUT2D eigenvalue weighted by atomic mass is 79.9. The Morgan fingerprint density at radius 2 is 1.67 bits per heavy atom. The van der Waals surface area contributed by atoms with Crippen LogP contribution < -0.4 is 5.32 Å². The third-order valence-corrected chi connectivity index (χ3v) is 3.18. The maximum atomic E-state index is 13.3. The van der Waals surface area contributed by atoms with Crippen molar-refractivity contribution in [2.24, 2.45) is 0 Å². The molecule has 0 aliphatic rings. The number of amides is 1. The summed E-state index contributed by atoms with van der Waals surface area (Å²) in [5.74, 6) is -1.39. The lowest BCUT2D eigenvalue weighted by atomic mass is 10.1. The van der Waals surface area contributed by atoms with Gasteiger partial charge in [0.15, 0.2) is 5.78 Å². The van der Waals surface area contributed by atoms with Gasteiger partial charge in [-0.25, -0.2) is 4.39 Å². The lowest BCUT2D eigenvalue weighted by molar-refractivity contribution is -0.111. The topological polar surface area (TPSA) is 46.2 Å². The first kappa shape index (κ1) is 15.1. The number of carbonyl (C=O) groups is 2. The fourth-order valence-corrected chi connectivity index (χ4v) is 1.86. The van der Waals surface area contributed by atoms with E-state index in [0.29, 0.717) is 5.56 Å². The Balaban J connectivity index is 2.00. The molecule has 5 heteroatoms. The van der Waals surface area contributed by atoms with Crippen molar-refractivity contribution in [3.63, 3.8) is 0 Å². The molecule has 0 aliphatic carbocycles. The number of rotatable bonds is 4. The first-order valence-electron chi connectivity index (χ1n) is 6.10. The number of benzene rings is 2. The van der Waals surface area contributed by atoms with E-state index in [1.807, 2.05) is 0 Å². The van der Waals surface area contributed by atoms with E-state index < -0.39 is 11.7 Å². The number of allylic oxidation sites excluding steroid dienone is 1. The normalized spacial score (nSPS) is 10.6. The smallest absolute Gasteiger partial charge is 0.248 e. The molecule has 3 nitrogen and oxygen atoms in total. The van der Waals surface area contributed by atoms with Gasteiger partial charge in [-0.1, -0.05) is 28.1 Å². The minimum absolute atomic E-state index is 0.0724. The summed E-state index contributed by atoms with van der Waals surface area (Å²) in [5, 5.41) is 2.37. The molecule has 21 heavy (non-hydrogen) atoms. The average Bonchev–Trinajstić information content (AvgIpc) is 2.48. The van der Waals surface area contributed by atoms with Crippen molar-refractivity contribution in [1.29, 1.82) is 0 Å². The number of para-hydroxylation sites is 1. The molecule has 0 fully saturated rings. The predicted molar refractivity (Wildman–Crippen MR) is 82.6 cm³/mol. The summed E-state index contributed by atoms with van der Waals surface area (Å²) in [6, 6.07) is 12.6. The molecule has 0 heterocycles.